The van der Waals surface area contributed by atoms with Crippen molar-refractivity contribution < 1.29 is 13.0 Å². The first-order valence-corrected chi connectivity index (χ1v) is 7.52. The number of anilines is 2. The minimum atomic E-state index is -4.18. The molecule has 0 aliphatic carbocycles. The van der Waals surface area contributed by atoms with Gasteiger partial charge in [-0.3, -0.25) is 4.55 Å². The fraction of sp³-hybridized carbons (Fsp3) is 0. The zero-order valence-corrected chi connectivity index (χ0v) is 11.6. The quantitative estimate of drug-likeness (QED) is 0.722. The molecule has 0 bridgehead atoms. The average Bonchev–Trinajstić information content (AvgIpc) is 2.47. The smallest absolute Gasteiger partial charge is 0.294 e. The first-order valence-electron chi connectivity index (χ1n) is 6.08. The number of benzene rings is 2. The van der Waals surface area contributed by atoms with Gasteiger partial charge in [-0.05, 0) is 36.4 Å². The lowest BCUT2D eigenvalue weighted by Gasteiger charge is -2.08. The lowest BCUT2D eigenvalue weighted by Crippen LogP contribution is -1.99. The van der Waals surface area contributed by atoms with E-state index in [1.807, 2.05) is 24.3 Å². The van der Waals surface area contributed by atoms with Gasteiger partial charge in [-0.25, -0.2) is 9.97 Å². The van der Waals surface area contributed by atoms with Crippen molar-refractivity contribution in [3.05, 3.63) is 54.9 Å². The van der Waals surface area contributed by atoms with Crippen LogP contribution in [0.4, 0.5) is 11.5 Å². The van der Waals surface area contributed by atoms with Gasteiger partial charge in [0.05, 0.1) is 10.4 Å². The van der Waals surface area contributed by atoms with Crippen molar-refractivity contribution in [3.63, 3.8) is 0 Å². The van der Waals surface area contributed by atoms with Crippen LogP contribution in [0.1, 0.15) is 0 Å². The summed E-state index contributed by atoms with van der Waals surface area (Å²) < 4.78 is 30.9. The molecule has 106 valence electrons. The molecule has 6 nitrogen and oxygen atoms in total. The SMILES string of the molecule is O=S(=O)(O)c1ccc(Nc2ncnc3ccccc23)cc1. The Kier molecular flexibility index (Phi) is 3.28. The summed E-state index contributed by atoms with van der Waals surface area (Å²) in [6.07, 6.45) is 1.46. The van der Waals surface area contributed by atoms with Crippen molar-refractivity contribution in [2.45, 2.75) is 4.90 Å². The molecular weight excluding hydrogens is 290 g/mol. The van der Waals surface area contributed by atoms with Gasteiger partial charge in [0.2, 0.25) is 0 Å². The van der Waals surface area contributed by atoms with E-state index in [2.05, 4.69) is 15.3 Å². The van der Waals surface area contributed by atoms with Gasteiger partial charge in [0.25, 0.3) is 10.1 Å². The molecule has 7 heteroatoms. The minimum Gasteiger partial charge on any atom is -0.340 e. The summed E-state index contributed by atoms with van der Waals surface area (Å²) in [4.78, 5) is 8.20. The first-order chi connectivity index (χ1) is 10.0. The number of para-hydroxylation sites is 1. The van der Waals surface area contributed by atoms with Crippen molar-refractivity contribution in [2.24, 2.45) is 0 Å². The Morgan fingerprint density at radius 3 is 2.38 bits per heavy atom. The Balaban J connectivity index is 1.96. The molecule has 0 amide bonds. The van der Waals surface area contributed by atoms with Gasteiger partial charge in [-0.2, -0.15) is 8.42 Å². The molecule has 0 radical (unpaired) electrons. The molecular formula is C14H11N3O3S. The van der Waals surface area contributed by atoms with Crippen LogP contribution in [0.3, 0.4) is 0 Å². The topological polar surface area (TPSA) is 92.2 Å². The number of fused-ring (bicyclic) bond motifs is 1. The van der Waals surface area contributed by atoms with Crippen molar-refractivity contribution in [1.29, 1.82) is 0 Å². The molecule has 3 rings (SSSR count). The predicted octanol–water partition coefficient (Wildman–Crippen LogP) is 2.62. The van der Waals surface area contributed by atoms with E-state index < -0.39 is 10.1 Å². The average molecular weight is 301 g/mol. The van der Waals surface area contributed by atoms with Crippen molar-refractivity contribution in [1.82, 2.24) is 9.97 Å². The van der Waals surface area contributed by atoms with Crippen LogP contribution in [0.25, 0.3) is 10.9 Å². The van der Waals surface area contributed by atoms with Crippen molar-refractivity contribution in [2.75, 3.05) is 5.32 Å². The van der Waals surface area contributed by atoms with Crippen LogP contribution in [0.5, 0.6) is 0 Å². The van der Waals surface area contributed by atoms with E-state index in [0.717, 1.165) is 10.9 Å². The Labute approximate surface area is 121 Å². The van der Waals surface area contributed by atoms with Crippen LogP contribution < -0.4 is 5.32 Å². The zero-order valence-electron chi connectivity index (χ0n) is 10.8. The second-order valence-corrected chi connectivity index (χ2v) is 5.79. The number of hydrogen-bond acceptors (Lipinski definition) is 5. The van der Waals surface area contributed by atoms with Gasteiger partial charge in [-0.1, -0.05) is 12.1 Å². The fourth-order valence-electron chi connectivity index (χ4n) is 1.95. The molecule has 0 unspecified atom stereocenters. The standard InChI is InChI=1S/C14H11N3O3S/c18-21(19,20)11-7-5-10(6-8-11)17-14-12-3-1-2-4-13(12)15-9-16-14/h1-9H,(H,15,16,17)(H,18,19,20). The van der Waals surface area contributed by atoms with Crippen LogP contribution in [0, 0.1) is 0 Å². The monoisotopic (exact) mass is 301 g/mol. The highest BCUT2D eigenvalue weighted by Crippen LogP contribution is 2.23. The molecule has 0 spiro atoms. The normalized spacial score (nSPS) is 11.5. The van der Waals surface area contributed by atoms with E-state index >= 15 is 0 Å². The lowest BCUT2D eigenvalue weighted by atomic mass is 10.2. The Morgan fingerprint density at radius 2 is 1.67 bits per heavy atom. The Bertz CT molecular complexity index is 887. The number of rotatable bonds is 3. The van der Waals surface area contributed by atoms with Crippen molar-refractivity contribution in [3.8, 4) is 0 Å². The van der Waals surface area contributed by atoms with E-state index in [1.165, 1.54) is 18.5 Å². The third kappa shape index (κ3) is 2.83. The molecule has 21 heavy (non-hydrogen) atoms. The summed E-state index contributed by atoms with van der Waals surface area (Å²) in [5, 5.41) is 3.96. The van der Waals surface area contributed by atoms with Gasteiger partial charge < -0.3 is 5.32 Å². The Morgan fingerprint density at radius 1 is 0.952 bits per heavy atom. The highest BCUT2D eigenvalue weighted by Gasteiger charge is 2.09. The van der Waals surface area contributed by atoms with Gasteiger partial charge in [0, 0.05) is 11.1 Å². The number of hydrogen-bond donors (Lipinski definition) is 2. The van der Waals surface area contributed by atoms with Crippen LogP contribution in [-0.4, -0.2) is 22.9 Å². The molecule has 0 aliphatic rings. The molecule has 0 saturated carbocycles. The Hall–Kier alpha value is -2.51. The second kappa shape index (κ2) is 5.12. The van der Waals surface area contributed by atoms with E-state index in [0.29, 0.717) is 11.5 Å². The van der Waals surface area contributed by atoms with Gasteiger partial charge >= 0.3 is 0 Å². The van der Waals surface area contributed by atoms with Crippen LogP contribution in [0.15, 0.2) is 59.8 Å². The van der Waals surface area contributed by atoms with Gasteiger partial charge in [-0.15, -0.1) is 0 Å². The maximum Gasteiger partial charge on any atom is 0.294 e. The largest absolute Gasteiger partial charge is 0.340 e. The van der Waals surface area contributed by atoms with Gasteiger partial charge in [0.15, 0.2) is 0 Å². The van der Waals surface area contributed by atoms with E-state index in [9.17, 15) is 8.42 Å². The molecule has 3 aromatic rings. The van der Waals surface area contributed by atoms with Gasteiger partial charge in [0.1, 0.15) is 12.1 Å². The van der Waals surface area contributed by atoms with E-state index in [-0.39, 0.29) is 4.90 Å². The first kappa shape index (κ1) is 13.5. The van der Waals surface area contributed by atoms with Crippen LogP contribution in [-0.2, 0) is 10.1 Å². The molecule has 2 aromatic carbocycles. The summed E-state index contributed by atoms with van der Waals surface area (Å²) >= 11 is 0. The van der Waals surface area contributed by atoms with Crippen molar-refractivity contribution >= 4 is 32.5 Å². The summed E-state index contributed by atoms with van der Waals surface area (Å²) in [6.45, 7) is 0. The number of nitrogens with zero attached hydrogens (tertiary/aromatic N) is 2. The second-order valence-electron chi connectivity index (χ2n) is 4.36. The zero-order chi connectivity index (χ0) is 14.9. The number of nitrogens with one attached hydrogen (secondary N) is 1. The third-order valence-electron chi connectivity index (χ3n) is 2.96. The molecule has 0 atom stereocenters. The number of aromatic nitrogens is 2. The summed E-state index contributed by atoms with van der Waals surface area (Å²) in [5.41, 5.74) is 1.47. The highest BCUT2D eigenvalue weighted by atomic mass is 32.2. The molecule has 0 saturated heterocycles. The lowest BCUT2D eigenvalue weighted by molar-refractivity contribution is 0.483. The highest BCUT2D eigenvalue weighted by molar-refractivity contribution is 7.85. The summed E-state index contributed by atoms with van der Waals surface area (Å²) in [6, 6.07) is 13.3. The minimum absolute atomic E-state index is 0.152. The summed E-state index contributed by atoms with van der Waals surface area (Å²) in [7, 11) is -4.18. The molecule has 0 aliphatic heterocycles. The van der Waals surface area contributed by atoms with Crippen LogP contribution in [0.2, 0.25) is 0 Å². The fourth-order valence-corrected chi connectivity index (χ4v) is 2.43. The molecule has 1 heterocycles. The van der Waals surface area contributed by atoms with Crippen LogP contribution >= 0.6 is 0 Å². The summed E-state index contributed by atoms with van der Waals surface area (Å²) in [5.74, 6) is 0.625. The maximum absolute atomic E-state index is 11.0. The maximum atomic E-state index is 11.0. The molecule has 1 aromatic heterocycles. The predicted molar refractivity (Wildman–Crippen MR) is 79.1 cm³/mol. The van der Waals surface area contributed by atoms with E-state index in [4.69, 9.17) is 4.55 Å². The third-order valence-corrected chi connectivity index (χ3v) is 3.83. The van der Waals surface area contributed by atoms with E-state index in [1.54, 1.807) is 12.1 Å². The molecule has 2 N–H and O–H groups in total. The molecule has 0 fully saturated rings.